The molecule has 0 aliphatic carbocycles. The summed E-state index contributed by atoms with van der Waals surface area (Å²) in [6, 6.07) is 10.5. The van der Waals surface area contributed by atoms with Crippen LogP contribution in [0.25, 0.3) is 0 Å². The second-order valence-electron chi connectivity index (χ2n) is 5.14. The Hall–Kier alpha value is -0.860. The summed E-state index contributed by atoms with van der Waals surface area (Å²) >= 11 is 0. The zero-order chi connectivity index (χ0) is 12.0. The van der Waals surface area contributed by atoms with Crippen molar-refractivity contribution in [3.05, 3.63) is 35.9 Å². The van der Waals surface area contributed by atoms with Gasteiger partial charge in [-0.05, 0) is 45.8 Å². The second-order valence-corrected chi connectivity index (χ2v) is 5.14. The molecule has 0 spiro atoms. The molecule has 0 atom stereocenters. The van der Waals surface area contributed by atoms with E-state index in [1.54, 1.807) is 0 Å². The highest BCUT2D eigenvalue weighted by molar-refractivity contribution is 5.14. The molecule has 0 aliphatic rings. The Labute approximate surface area is 98.9 Å². The molecule has 0 aliphatic heterocycles. The Kier molecular flexibility index (Phi) is 4.97. The molecule has 1 aromatic carbocycles. The molecule has 0 saturated carbocycles. The number of aliphatic hydroxyl groups is 1. The summed E-state index contributed by atoms with van der Waals surface area (Å²) in [4.78, 5) is 2.18. The molecule has 0 fully saturated rings. The highest BCUT2D eigenvalue weighted by atomic mass is 16.3. The van der Waals surface area contributed by atoms with Crippen molar-refractivity contribution in [1.29, 1.82) is 0 Å². The zero-order valence-corrected chi connectivity index (χ0v) is 10.6. The van der Waals surface area contributed by atoms with E-state index in [-0.39, 0.29) is 0 Å². The maximum atomic E-state index is 9.66. The molecular formula is C14H23NO. The van der Waals surface area contributed by atoms with Gasteiger partial charge in [0.2, 0.25) is 0 Å². The third-order valence-corrected chi connectivity index (χ3v) is 2.50. The summed E-state index contributed by atoms with van der Waals surface area (Å²) < 4.78 is 0. The van der Waals surface area contributed by atoms with Crippen molar-refractivity contribution in [3.63, 3.8) is 0 Å². The second kappa shape index (κ2) is 6.02. The average molecular weight is 221 g/mol. The van der Waals surface area contributed by atoms with Crippen molar-refractivity contribution >= 4 is 0 Å². The summed E-state index contributed by atoms with van der Waals surface area (Å²) in [5.41, 5.74) is 0.792. The number of benzene rings is 1. The predicted octanol–water partition coefficient (Wildman–Crippen LogP) is 2.32. The van der Waals surface area contributed by atoms with Crippen LogP contribution in [0.2, 0.25) is 0 Å². The molecule has 2 heteroatoms. The van der Waals surface area contributed by atoms with Gasteiger partial charge in [-0.2, -0.15) is 0 Å². The van der Waals surface area contributed by atoms with Gasteiger partial charge in [0.1, 0.15) is 0 Å². The summed E-state index contributed by atoms with van der Waals surface area (Å²) in [6.45, 7) is 5.45. The van der Waals surface area contributed by atoms with Gasteiger partial charge in [-0.1, -0.05) is 30.3 Å². The molecule has 90 valence electrons. The van der Waals surface area contributed by atoms with Crippen LogP contribution in [-0.4, -0.2) is 35.7 Å². The predicted molar refractivity (Wildman–Crippen MR) is 68.6 cm³/mol. The van der Waals surface area contributed by atoms with E-state index in [0.29, 0.717) is 0 Å². The maximum Gasteiger partial charge on any atom is 0.0718 e. The fourth-order valence-corrected chi connectivity index (χ4v) is 1.94. The molecule has 0 saturated heterocycles. The molecular weight excluding hydrogens is 198 g/mol. The van der Waals surface area contributed by atoms with Crippen LogP contribution in [0.5, 0.6) is 0 Å². The molecule has 0 aromatic heterocycles. The first-order valence-electron chi connectivity index (χ1n) is 5.92. The van der Waals surface area contributed by atoms with Gasteiger partial charge >= 0.3 is 0 Å². The molecule has 0 amide bonds. The Bertz CT molecular complexity index is 289. The van der Waals surface area contributed by atoms with Crippen LogP contribution in [0, 0.1) is 0 Å². The SMILES string of the molecule is CN(CCCc1ccccc1)CC(C)(C)O. The normalized spacial score (nSPS) is 12.1. The number of nitrogens with zero attached hydrogens (tertiary/aromatic N) is 1. The van der Waals surface area contributed by atoms with Crippen LogP contribution in [0.3, 0.4) is 0 Å². The first-order valence-corrected chi connectivity index (χ1v) is 5.92. The summed E-state index contributed by atoms with van der Waals surface area (Å²) in [5.74, 6) is 0. The van der Waals surface area contributed by atoms with E-state index >= 15 is 0 Å². The number of hydrogen-bond acceptors (Lipinski definition) is 2. The molecule has 0 unspecified atom stereocenters. The number of aryl methyl sites for hydroxylation is 1. The van der Waals surface area contributed by atoms with E-state index in [0.717, 1.165) is 25.9 Å². The third kappa shape index (κ3) is 5.89. The van der Waals surface area contributed by atoms with Gasteiger partial charge in [0.25, 0.3) is 0 Å². The number of rotatable bonds is 6. The third-order valence-electron chi connectivity index (χ3n) is 2.50. The lowest BCUT2D eigenvalue weighted by Gasteiger charge is -2.25. The fourth-order valence-electron chi connectivity index (χ4n) is 1.94. The van der Waals surface area contributed by atoms with E-state index in [2.05, 4.69) is 36.2 Å². The lowest BCUT2D eigenvalue weighted by atomic mass is 10.1. The topological polar surface area (TPSA) is 23.5 Å². The van der Waals surface area contributed by atoms with Gasteiger partial charge in [-0.3, -0.25) is 0 Å². The van der Waals surface area contributed by atoms with Crippen molar-refractivity contribution < 1.29 is 5.11 Å². The molecule has 0 heterocycles. The van der Waals surface area contributed by atoms with Crippen LogP contribution >= 0.6 is 0 Å². The van der Waals surface area contributed by atoms with Gasteiger partial charge in [0.15, 0.2) is 0 Å². The first-order chi connectivity index (χ1) is 7.47. The summed E-state index contributed by atoms with van der Waals surface area (Å²) in [6.07, 6.45) is 2.24. The van der Waals surface area contributed by atoms with Crippen molar-refractivity contribution in [2.45, 2.75) is 32.3 Å². The van der Waals surface area contributed by atoms with E-state index in [1.165, 1.54) is 5.56 Å². The molecule has 1 N–H and O–H groups in total. The Morgan fingerprint density at radius 3 is 2.38 bits per heavy atom. The van der Waals surface area contributed by atoms with E-state index in [1.807, 2.05) is 19.9 Å². The van der Waals surface area contributed by atoms with Gasteiger partial charge in [0.05, 0.1) is 5.60 Å². The van der Waals surface area contributed by atoms with Gasteiger partial charge < -0.3 is 10.0 Å². The summed E-state index contributed by atoms with van der Waals surface area (Å²) in [7, 11) is 2.06. The zero-order valence-electron chi connectivity index (χ0n) is 10.6. The van der Waals surface area contributed by atoms with Gasteiger partial charge in [-0.25, -0.2) is 0 Å². The Morgan fingerprint density at radius 2 is 1.81 bits per heavy atom. The number of hydrogen-bond donors (Lipinski definition) is 1. The monoisotopic (exact) mass is 221 g/mol. The minimum atomic E-state index is -0.596. The Balaban J connectivity index is 2.21. The van der Waals surface area contributed by atoms with E-state index < -0.39 is 5.60 Å². The smallest absolute Gasteiger partial charge is 0.0718 e. The quantitative estimate of drug-likeness (QED) is 0.797. The molecule has 1 rings (SSSR count). The van der Waals surface area contributed by atoms with Crippen LogP contribution < -0.4 is 0 Å². The van der Waals surface area contributed by atoms with Crippen molar-refractivity contribution in [2.24, 2.45) is 0 Å². The largest absolute Gasteiger partial charge is 0.389 e. The molecule has 2 nitrogen and oxygen atoms in total. The van der Waals surface area contributed by atoms with E-state index in [9.17, 15) is 5.11 Å². The average Bonchev–Trinajstić information content (AvgIpc) is 2.16. The highest BCUT2D eigenvalue weighted by Crippen LogP contribution is 2.06. The van der Waals surface area contributed by atoms with Crippen LogP contribution in [0.4, 0.5) is 0 Å². The molecule has 0 radical (unpaired) electrons. The van der Waals surface area contributed by atoms with Crippen molar-refractivity contribution in [3.8, 4) is 0 Å². The van der Waals surface area contributed by atoms with E-state index in [4.69, 9.17) is 0 Å². The summed E-state index contributed by atoms with van der Waals surface area (Å²) in [5, 5.41) is 9.66. The van der Waals surface area contributed by atoms with Crippen molar-refractivity contribution in [2.75, 3.05) is 20.1 Å². The first kappa shape index (κ1) is 13.2. The molecule has 0 bridgehead atoms. The lowest BCUT2D eigenvalue weighted by Crippen LogP contribution is -2.36. The lowest BCUT2D eigenvalue weighted by molar-refractivity contribution is 0.0444. The Morgan fingerprint density at radius 1 is 1.19 bits per heavy atom. The standard InChI is InChI=1S/C14H23NO/c1-14(2,16)12-15(3)11-7-10-13-8-5-4-6-9-13/h4-6,8-9,16H,7,10-12H2,1-3H3. The molecule has 16 heavy (non-hydrogen) atoms. The minimum Gasteiger partial charge on any atom is -0.389 e. The number of likely N-dealkylation sites (N-methyl/N-ethyl adjacent to an activating group) is 1. The fraction of sp³-hybridized carbons (Fsp3) is 0.571. The van der Waals surface area contributed by atoms with Crippen molar-refractivity contribution in [1.82, 2.24) is 4.90 Å². The van der Waals surface area contributed by atoms with Crippen LogP contribution in [0.15, 0.2) is 30.3 Å². The van der Waals surface area contributed by atoms with Crippen LogP contribution in [0.1, 0.15) is 25.8 Å². The highest BCUT2D eigenvalue weighted by Gasteiger charge is 2.14. The van der Waals surface area contributed by atoms with Gasteiger partial charge in [-0.15, -0.1) is 0 Å². The minimum absolute atomic E-state index is 0.596. The maximum absolute atomic E-state index is 9.66. The molecule has 1 aromatic rings. The van der Waals surface area contributed by atoms with Crippen LogP contribution in [-0.2, 0) is 6.42 Å². The van der Waals surface area contributed by atoms with Gasteiger partial charge in [0, 0.05) is 6.54 Å².